The number of nitrogens with two attached hydrogens (primary N) is 1. The third kappa shape index (κ3) is 10.6. The van der Waals surface area contributed by atoms with E-state index in [9.17, 15) is 28.3 Å². The molecule has 0 aliphatic heterocycles. The van der Waals surface area contributed by atoms with Crippen molar-refractivity contribution in [3.63, 3.8) is 0 Å². The van der Waals surface area contributed by atoms with E-state index in [4.69, 9.17) is 15.5 Å². The molecule has 0 fully saturated rings. The van der Waals surface area contributed by atoms with E-state index >= 15 is 0 Å². The second kappa shape index (κ2) is 16.0. The van der Waals surface area contributed by atoms with Crippen LogP contribution in [0, 0.1) is 17.0 Å². The normalized spacial score (nSPS) is 13.1. The number of carbonyl (C=O) groups excluding carboxylic acids is 3. The number of nitrogens with zero attached hydrogens (tertiary/aromatic N) is 3. The topological polar surface area (TPSA) is 152 Å². The maximum absolute atomic E-state index is 15.0. The van der Waals surface area contributed by atoms with Crippen LogP contribution >= 0.6 is 0 Å². The van der Waals surface area contributed by atoms with Gasteiger partial charge in [0.05, 0.1) is 11.7 Å². The number of halogens is 2. The van der Waals surface area contributed by atoms with Crippen LogP contribution in [0.2, 0.25) is 0 Å². The van der Waals surface area contributed by atoms with E-state index < -0.39 is 59.2 Å². The van der Waals surface area contributed by atoms with Gasteiger partial charge in [0, 0.05) is 37.9 Å². The van der Waals surface area contributed by atoms with Crippen LogP contribution in [-0.2, 0) is 20.9 Å². The number of rotatable bonds is 13. The van der Waals surface area contributed by atoms with Gasteiger partial charge in [-0.05, 0) is 56.4 Å². The fourth-order valence-corrected chi connectivity index (χ4v) is 5.17. The highest BCUT2D eigenvalue weighted by Crippen LogP contribution is 2.39. The van der Waals surface area contributed by atoms with Crippen molar-refractivity contribution in [2.24, 2.45) is 11.1 Å². The molecule has 0 saturated carbocycles. The molecule has 11 nitrogen and oxygen atoms in total. The summed E-state index contributed by atoms with van der Waals surface area (Å²) >= 11 is 0. The molecule has 3 aromatic rings. The van der Waals surface area contributed by atoms with Gasteiger partial charge < -0.3 is 35.7 Å². The van der Waals surface area contributed by atoms with Crippen molar-refractivity contribution in [3.05, 3.63) is 77.8 Å². The van der Waals surface area contributed by atoms with Crippen molar-refractivity contribution in [2.75, 3.05) is 26.2 Å². The quantitative estimate of drug-likeness (QED) is 0.216. The Kier molecular flexibility index (Phi) is 12.6. The Morgan fingerprint density at radius 2 is 1.74 bits per heavy atom. The smallest absolute Gasteiger partial charge is 0.408 e. The average molecular weight is 657 g/mol. The zero-order valence-electron chi connectivity index (χ0n) is 27.8. The van der Waals surface area contributed by atoms with Crippen molar-refractivity contribution < 1.29 is 33.0 Å². The number of benzene rings is 2. The molecule has 0 saturated heterocycles. The Morgan fingerprint density at radius 1 is 1.06 bits per heavy atom. The van der Waals surface area contributed by atoms with Crippen LogP contribution in [0.4, 0.5) is 13.6 Å². The van der Waals surface area contributed by atoms with Crippen molar-refractivity contribution in [2.45, 2.75) is 72.2 Å². The number of ether oxygens (including phenoxy) is 1. The number of alkyl carbamates (subject to hydrolysis) is 1. The van der Waals surface area contributed by atoms with E-state index in [0.29, 0.717) is 5.82 Å². The molecule has 2 aromatic carbocycles. The molecular weight excluding hydrogens is 610 g/mol. The molecule has 3 rings (SSSR count). The van der Waals surface area contributed by atoms with E-state index in [0.717, 1.165) is 23.8 Å². The first-order valence-corrected chi connectivity index (χ1v) is 15.5. The Hall–Kier alpha value is -4.36. The molecular formula is C34H46F2N6O5. The van der Waals surface area contributed by atoms with Gasteiger partial charge in [-0.25, -0.2) is 18.6 Å². The zero-order valence-corrected chi connectivity index (χ0v) is 27.8. The van der Waals surface area contributed by atoms with Gasteiger partial charge in [0.1, 0.15) is 35.7 Å². The second-order valence-corrected chi connectivity index (χ2v) is 13.3. The summed E-state index contributed by atoms with van der Waals surface area (Å²) in [4.78, 5) is 45.4. The van der Waals surface area contributed by atoms with Gasteiger partial charge in [0.2, 0.25) is 11.8 Å². The van der Waals surface area contributed by atoms with Crippen LogP contribution in [0.3, 0.4) is 0 Å². The highest BCUT2D eigenvalue weighted by Gasteiger charge is 2.39. The lowest BCUT2D eigenvalue weighted by molar-refractivity contribution is -0.140. The molecule has 3 amide bonds. The van der Waals surface area contributed by atoms with E-state index in [1.165, 1.54) is 4.90 Å². The molecule has 0 aliphatic rings. The van der Waals surface area contributed by atoms with Crippen LogP contribution in [0.25, 0.3) is 11.3 Å². The Labute approximate surface area is 274 Å². The number of aliphatic hydroxyl groups excluding tert-OH is 1. The van der Waals surface area contributed by atoms with Gasteiger partial charge in [-0.15, -0.1) is 0 Å². The molecule has 256 valence electrons. The van der Waals surface area contributed by atoms with Crippen molar-refractivity contribution in [1.82, 2.24) is 25.1 Å². The molecule has 0 spiro atoms. The fourth-order valence-electron chi connectivity index (χ4n) is 5.17. The van der Waals surface area contributed by atoms with E-state index in [1.54, 1.807) is 31.5 Å². The predicted molar refractivity (Wildman–Crippen MR) is 174 cm³/mol. The minimum absolute atomic E-state index is 0.0519. The van der Waals surface area contributed by atoms with Crippen molar-refractivity contribution in [1.29, 1.82) is 0 Å². The SMILES string of the molecule is CC(C)(C)OC(=O)NC(CCN(C(=O)CO)C(c1nc(-c2cc(F)ccc2F)cn1Cc1ccccc1)C(C)(C)C)C(=O)NCCN. The number of nitrogens with one attached hydrogen (secondary N) is 2. The summed E-state index contributed by atoms with van der Waals surface area (Å²) in [6, 6.07) is 10.6. The molecule has 2 unspecified atom stereocenters. The van der Waals surface area contributed by atoms with Crippen LogP contribution in [0.5, 0.6) is 0 Å². The maximum Gasteiger partial charge on any atom is 0.408 e. The lowest BCUT2D eigenvalue weighted by Gasteiger charge is -2.40. The summed E-state index contributed by atoms with van der Waals surface area (Å²) in [5.74, 6) is -2.14. The Bertz CT molecular complexity index is 1520. The van der Waals surface area contributed by atoms with Gasteiger partial charge in [-0.1, -0.05) is 51.1 Å². The van der Waals surface area contributed by atoms with Crippen LogP contribution in [-0.4, -0.2) is 75.3 Å². The summed E-state index contributed by atoms with van der Waals surface area (Å²) in [5, 5.41) is 15.3. The molecule has 1 heterocycles. The summed E-state index contributed by atoms with van der Waals surface area (Å²) in [6.07, 6.45) is 0.727. The van der Waals surface area contributed by atoms with Crippen molar-refractivity contribution in [3.8, 4) is 11.3 Å². The largest absolute Gasteiger partial charge is 0.444 e. The zero-order chi connectivity index (χ0) is 34.9. The third-order valence-electron chi connectivity index (χ3n) is 7.15. The van der Waals surface area contributed by atoms with Crippen LogP contribution < -0.4 is 16.4 Å². The number of aromatic nitrogens is 2. The molecule has 47 heavy (non-hydrogen) atoms. The molecule has 0 bridgehead atoms. The number of amides is 3. The van der Waals surface area contributed by atoms with E-state index in [2.05, 4.69) is 10.6 Å². The highest BCUT2D eigenvalue weighted by atomic mass is 19.1. The number of hydrogen-bond donors (Lipinski definition) is 4. The summed E-state index contributed by atoms with van der Waals surface area (Å²) < 4.78 is 36.4. The standard InChI is InChI=1S/C34H46F2N6O5/c1-33(2,3)29(42(28(44)21-43)17-14-26(31(45)38-16-15-37)40-32(46)47-34(4,5)6)30-39-27(24-18-23(35)12-13-25(24)36)20-41(30)19-22-10-8-7-9-11-22/h7-13,18,20,26,29,43H,14-17,19,21,37H2,1-6H3,(H,38,45)(H,40,46). The lowest BCUT2D eigenvalue weighted by Crippen LogP contribution is -2.51. The minimum Gasteiger partial charge on any atom is -0.444 e. The molecule has 1 aromatic heterocycles. The number of hydrogen-bond acceptors (Lipinski definition) is 7. The van der Waals surface area contributed by atoms with E-state index in [-0.39, 0.29) is 43.9 Å². The number of aliphatic hydroxyl groups is 1. The molecule has 5 N–H and O–H groups in total. The lowest BCUT2D eigenvalue weighted by atomic mass is 9.84. The van der Waals surface area contributed by atoms with Gasteiger partial charge in [-0.2, -0.15) is 0 Å². The number of imidazole rings is 1. The molecule has 0 aliphatic carbocycles. The van der Waals surface area contributed by atoms with Crippen LogP contribution in [0.15, 0.2) is 54.7 Å². The predicted octanol–water partition coefficient (Wildman–Crippen LogP) is 4.14. The molecule has 13 heteroatoms. The van der Waals surface area contributed by atoms with E-state index in [1.807, 2.05) is 51.1 Å². The third-order valence-corrected chi connectivity index (χ3v) is 7.15. The monoisotopic (exact) mass is 656 g/mol. The Balaban J connectivity index is 2.10. The van der Waals surface area contributed by atoms with Crippen LogP contribution in [0.1, 0.15) is 65.4 Å². The number of carbonyl (C=O) groups is 3. The maximum atomic E-state index is 15.0. The summed E-state index contributed by atoms with van der Waals surface area (Å²) in [7, 11) is 0. The average Bonchev–Trinajstić information content (AvgIpc) is 3.39. The minimum atomic E-state index is -1.12. The summed E-state index contributed by atoms with van der Waals surface area (Å²) in [5.41, 5.74) is 5.01. The highest BCUT2D eigenvalue weighted by molar-refractivity contribution is 5.86. The first-order valence-electron chi connectivity index (χ1n) is 15.5. The Morgan fingerprint density at radius 3 is 2.34 bits per heavy atom. The van der Waals surface area contributed by atoms with Crippen molar-refractivity contribution >= 4 is 17.9 Å². The first kappa shape index (κ1) is 37.1. The molecule has 0 radical (unpaired) electrons. The van der Waals surface area contributed by atoms with Gasteiger partial charge in [0.25, 0.3) is 0 Å². The van der Waals surface area contributed by atoms with Gasteiger partial charge >= 0.3 is 6.09 Å². The van der Waals surface area contributed by atoms with Gasteiger partial charge in [0.15, 0.2) is 0 Å². The first-order chi connectivity index (χ1) is 22.0. The summed E-state index contributed by atoms with van der Waals surface area (Å²) in [6.45, 7) is 10.4. The second-order valence-electron chi connectivity index (χ2n) is 13.3. The fraction of sp³-hybridized carbons (Fsp3) is 0.471. The van der Waals surface area contributed by atoms with Gasteiger partial charge in [-0.3, -0.25) is 9.59 Å². The molecule has 2 atom stereocenters.